The van der Waals surface area contributed by atoms with Gasteiger partial charge in [-0.2, -0.15) is 0 Å². The SMILES string of the molecule is O=C(O)Cc1ccc(S(=O)(=O)Nc2ccncc2)cc1. The number of anilines is 1. The van der Waals surface area contributed by atoms with Gasteiger partial charge in [-0.25, -0.2) is 8.42 Å². The first-order valence-electron chi connectivity index (χ1n) is 5.71. The van der Waals surface area contributed by atoms with Crippen molar-refractivity contribution < 1.29 is 18.3 Å². The lowest BCUT2D eigenvalue weighted by molar-refractivity contribution is -0.136. The second kappa shape index (κ2) is 5.70. The fraction of sp³-hybridized carbons (Fsp3) is 0.0769. The van der Waals surface area contributed by atoms with Gasteiger partial charge in [0.05, 0.1) is 17.0 Å². The Morgan fingerprint density at radius 2 is 1.70 bits per heavy atom. The maximum atomic E-state index is 12.1. The van der Waals surface area contributed by atoms with Crippen molar-refractivity contribution in [3.63, 3.8) is 0 Å². The highest BCUT2D eigenvalue weighted by Gasteiger charge is 2.14. The van der Waals surface area contributed by atoms with E-state index in [9.17, 15) is 13.2 Å². The molecule has 2 rings (SSSR count). The number of carboxylic acids is 1. The number of aliphatic carboxylic acids is 1. The first-order valence-corrected chi connectivity index (χ1v) is 7.19. The molecule has 0 aliphatic carbocycles. The Balaban J connectivity index is 2.19. The Hall–Kier alpha value is -2.41. The van der Waals surface area contributed by atoms with E-state index in [-0.39, 0.29) is 11.3 Å². The van der Waals surface area contributed by atoms with E-state index in [4.69, 9.17) is 5.11 Å². The molecule has 0 atom stereocenters. The molecule has 104 valence electrons. The minimum Gasteiger partial charge on any atom is -0.481 e. The molecule has 20 heavy (non-hydrogen) atoms. The number of benzene rings is 1. The molecule has 0 aliphatic heterocycles. The molecule has 0 saturated heterocycles. The first-order chi connectivity index (χ1) is 9.47. The van der Waals surface area contributed by atoms with E-state index in [1.807, 2.05) is 0 Å². The van der Waals surface area contributed by atoms with E-state index in [2.05, 4.69) is 9.71 Å². The van der Waals surface area contributed by atoms with Crippen LogP contribution in [-0.4, -0.2) is 24.5 Å². The molecule has 2 N–H and O–H groups in total. The summed E-state index contributed by atoms with van der Waals surface area (Å²) in [6.07, 6.45) is 2.82. The molecule has 2 aromatic rings. The zero-order valence-corrected chi connectivity index (χ0v) is 11.2. The molecule has 0 aliphatic rings. The molecule has 7 heteroatoms. The minimum atomic E-state index is -3.68. The van der Waals surface area contributed by atoms with E-state index >= 15 is 0 Å². The van der Waals surface area contributed by atoms with Gasteiger partial charge in [0.25, 0.3) is 10.0 Å². The molecule has 0 radical (unpaired) electrons. The normalized spacial score (nSPS) is 11.0. The second-order valence-corrected chi connectivity index (χ2v) is 5.74. The molecule has 1 aromatic carbocycles. The lowest BCUT2D eigenvalue weighted by Gasteiger charge is -2.08. The maximum absolute atomic E-state index is 12.1. The van der Waals surface area contributed by atoms with Crippen LogP contribution in [0.5, 0.6) is 0 Å². The quantitative estimate of drug-likeness (QED) is 0.870. The van der Waals surface area contributed by atoms with Crippen LogP contribution in [0.25, 0.3) is 0 Å². The lowest BCUT2D eigenvalue weighted by atomic mass is 10.2. The molecule has 0 amide bonds. The number of nitrogens with zero attached hydrogens (tertiary/aromatic N) is 1. The van der Waals surface area contributed by atoms with E-state index < -0.39 is 16.0 Å². The number of sulfonamides is 1. The van der Waals surface area contributed by atoms with Gasteiger partial charge in [0.15, 0.2) is 0 Å². The Morgan fingerprint density at radius 1 is 1.10 bits per heavy atom. The van der Waals surface area contributed by atoms with Crippen molar-refractivity contribution >= 4 is 21.7 Å². The summed E-state index contributed by atoms with van der Waals surface area (Å²) in [5, 5.41) is 8.65. The Kier molecular flexibility index (Phi) is 3.99. The third-order valence-corrected chi connectivity index (χ3v) is 3.92. The number of carbonyl (C=O) groups is 1. The van der Waals surface area contributed by atoms with Gasteiger partial charge in [0, 0.05) is 12.4 Å². The summed E-state index contributed by atoms with van der Waals surface area (Å²) >= 11 is 0. The van der Waals surface area contributed by atoms with Crippen molar-refractivity contribution in [2.45, 2.75) is 11.3 Å². The van der Waals surface area contributed by atoms with Crippen LogP contribution in [0.1, 0.15) is 5.56 Å². The predicted octanol–water partition coefficient (Wildman–Crippen LogP) is 1.51. The first kappa shape index (κ1) is 14.0. The standard InChI is InChI=1S/C13H12N2O4S/c16-13(17)9-10-1-3-12(4-2-10)20(18,19)15-11-5-7-14-8-6-11/h1-8H,9H2,(H,14,15)(H,16,17). The molecule has 0 unspecified atom stereocenters. The van der Waals surface area contributed by atoms with E-state index in [0.29, 0.717) is 11.3 Å². The highest BCUT2D eigenvalue weighted by Crippen LogP contribution is 2.16. The van der Waals surface area contributed by atoms with Crippen molar-refractivity contribution in [1.82, 2.24) is 4.98 Å². The number of carboxylic acid groups (broad SMARTS) is 1. The number of nitrogens with one attached hydrogen (secondary N) is 1. The van der Waals surface area contributed by atoms with E-state index in [1.165, 1.54) is 48.8 Å². The van der Waals surface area contributed by atoms with Crippen LogP contribution in [-0.2, 0) is 21.2 Å². The summed E-state index contributed by atoms with van der Waals surface area (Å²) in [6.45, 7) is 0. The van der Waals surface area contributed by atoms with E-state index in [0.717, 1.165) is 0 Å². The second-order valence-electron chi connectivity index (χ2n) is 4.06. The van der Waals surface area contributed by atoms with Crippen molar-refractivity contribution in [3.05, 3.63) is 54.4 Å². The van der Waals surface area contributed by atoms with Gasteiger partial charge in [0.2, 0.25) is 0 Å². The van der Waals surface area contributed by atoms with Gasteiger partial charge < -0.3 is 5.11 Å². The van der Waals surface area contributed by atoms with Crippen LogP contribution < -0.4 is 4.72 Å². The smallest absolute Gasteiger partial charge is 0.307 e. The zero-order chi connectivity index (χ0) is 14.6. The minimum absolute atomic E-state index is 0.0726. The van der Waals surface area contributed by atoms with Gasteiger partial charge in [-0.1, -0.05) is 12.1 Å². The van der Waals surface area contributed by atoms with Gasteiger partial charge in [-0.05, 0) is 29.8 Å². The van der Waals surface area contributed by atoms with Gasteiger partial charge in [-0.15, -0.1) is 0 Å². The van der Waals surface area contributed by atoms with Gasteiger partial charge in [0.1, 0.15) is 0 Å². The molecule has 0 saturated carbocycles. The average Bonchev–Trinajstić information content (AvgIpc) is 2.39. The summed E-state index contributed by atoms with van der Waals surface area (Å²) in [6, 6.07) is 8.79. The summed E-state index contributed by atoms with van der Waals surface area (Å²) in [5.41, 5.74) is 0.954. The summed E-state index contributed by atoms with van der Waals surface area (Å²) in [7, 11) is -3.68. The third-order valence-electron chi connectivity index (χ3n) is 2.52. The molecule has 0 fully saturated rings. The number of rotatable bonds is 5. The monoisotopic (exact) mass is 292 g/mol. The van der Waals surface area contributed by atoms with Crippen molar-refractivity contribution in [1.29, 1.82) is 0 Å². The highest BCUT2D eigenvalue weighted by molar-refractivity contribution is 7.92. The zero-order valence-electron chi connectivity index (χ0n) is 10.4. The van der Waals surface area contributed by atoms with Crippen LogP contribution in [0, 0.1) is 0 Å². The van der Waals surface area contributed by atoms with Crippen LogP contribution >= 0.6 is 0 Å². The molecular weight excluding hydrogens is 280 g/mol. The summed E-state index contributed by atoms with van der Waals surface area (Å²) < 4.78 is 26.6. The van der Waals surface area contributed by atoms with Crippen molar-refractivity contribution in [2.75, 3.05) is 4.72 Å². The summed E-state index contributed by atoms with van der Waals surface area (Å²) in [5.74, 6) is -0.962. The van der Waals surface area contributed by atoms with Crippen molar-refractivity contribution in [2.24, 2.45) is 0 Å². The van der Waals surface area contributed by atoms with E-state index in [1.54, 1.807) is 0 Å². The Labute approximate surface area is 116 Å². The van der Waals surface area contributed by atoms with Crippen LogP contribution in [0.2, 0.25) is 0 Å². The Morgan fingerprint density at radius 3 is 2.25 bits per heavy atom. The van der Waals surface area contributed by atoms with Crippen LogP contribution in [0.4, 0.5) is 5.69 Å². The molecule has 6 nitrogen and oxygen atoms in total. The Bertz CT molecular complexity index is 697. The van der Waals surface area contributed by atoms with Crippen LogP contribution in [0.3, 0.4) is 0 Å². The summed E-state index contributed by atoms with van der Waals surface area (Å²) in [4.78, 5) is 14.4. The topological polar surface area (TPSA) is 96.4 Å². The number of pyridine rings is 1. The molecule has 0 spiro atoms. The number of aromatic nitrogens is 1. The fourth-order valence-electron chi connectivity index (χ4n) is 1.60. The lowest BCUT2D eigenvalue weighted by Crippen LogP contribution is -2.13. The number of hydrogen-bond acceptors (Lipinski definition) is 4. The van der Waals surface area contributed by atoms with Gasteiger partial charge >= 0.3 is 5.97 Å². The number of hydrogen-bond donors (Lipinski definition) is 2. The fourth-order valence-corrected chi connectivity index (χ4v) is 2.65. The highest BCUT2D eigenvalue weighted by atomic mass is 32.2. The van der Waals surface area contributed by atoms with Crippen molar-refractivity contribution in [3.8, 4) is 0 Å². The largest absolute Gasteiger partial charge is 0.481 e. The molecule has 0 bridgehead atoms. The average molecular weight is 292 g/mol. The predicted molar refractivity (Wildman–Crippen MR) is 72.8 cm³/mol. The maximum Gasteiger partial charge on any atom is 0.307 e. The van der Waals surface area contributed by atoms with Gasteiger partial charge in [-0.3, -0.25) is 14.5 Å². The third kappa shape index (κ3) is 3.55. The molecular formula is C13H12N2O4S. The molecule has 1 heterocycles. The van der Waals surface area contributed by atoms with Crippen LogP contribution in [0.15, 0.2) is 53.7 Å². The molecule has 1 aromatic heterocycles.